The molecule has 0 radical (unpaired) electrons. The van der Waals surface area contributed by atoms with E-state index >= 15 is 0 Å². The zero-order valence-electron chi connectivity index (χ0n) is 28.7. The van der Waals surface area contributed by atoms with Crippen LogP contribution < -0.4 is 0 Å². The lowest BCUT2D eigenvalue weighted by Gasteiger charge is -2.05. The molecule has 39 heavy (non-hydrogen) atoms. The van der Waals surface area contributed by atoms with E-state index < -0.39 is 0 Å². The molecule has 0 heterocycles. The first-order valence-corrected chi connectivity index (χ1v) is 17.1. The summed E-state index contributed by atoms with van der Waals surface area (Å²) in [5.41, 5.74) is 5.90. The Hall–Kier alpha value is -1.30. The summed E-state index contributed by atoms with van der Waals surface area (Å²) in [5.74, 6) is 0.949. The summed E-state index contributed by atoms with van der Waals surface area (Å²) in [5, 5.41) is 0. The van der Waals surface area contributed by atoms with Crippen molar-refractivity contribution in [2.75, 3.05) is 0 Å². The Labute approximate surface area is 248 Å². The van der Waals surface area contributed by atoms with Crippen LogP contribution in [0.25, 0.3) is 6.08 Å². The van der Waals surface area contributed by atoms with E-state index in [1.807, 2.05) is 0 Å². The summed E-state index contributed by atoms with van der Waals surface area (Å²) in [4.78, 5) is 0. The van der Waals surface area contributed by atoms with Crippen molar-refractivity contribution in [2.45, 2.75) is 178 Å². The topological polar surface area (TPSA) is 0 Å². The number of aryl methyl sites for hydroxylation is 1. The fourth-order valence-electron chi connectivity index (χ4n) is 3.83. The van der Waals surface area contributed by atoms with Crippen LogP contribution in [0.1, 0.15) is 183 Å². The van der Waals surface area contributed by atoms with Crippen LogP contribution in [0.3, 0.4) is 0 Å². The van der Waals surface area contributed by atoms with Crippen LogP contribution in [0.4, 0.5) is 0 Å². The molecule has 2 aliphatic carbocycles. The van der Waals surface area contributed by atoms with Crippen LogP contribution in [0.5, 0.6) is 0 Å². The van der Waals surface area contributed by atoms with Gasteiger partial charge in [-0.05, 0) is 61.1 Å². The molecule has 0 aromatic heterocycles. The molecule has 228 valence electrons. The van der Waals surface area contributed by atoms with Crippen molar-refractivity contribution in [3.8, 4) is 0 Å². The van der Waals surface area contributed by atoms with Crippen molar-refractivity contribution in [3.05, 3.63) is 53.1 Å². The van der Waals surface area contributed by atoms with E-state index in [2.05, 4.69) is 106 Å². The summed E-state index contributed by atoms with van der Waals surface area (Å²) in [7, 11) is 0. The minimum absolute atomic E-state index is 0.792. The van der Waals surface area contributed by atoms with Gasteiger partial charge in [-0.2, -0.15) is 0 Å². The molecule has 0 bridgehead atoms. The SMILES string of the molecule is C1CCC1.C=C(C)/C(=C/c1ccccc1C)CC.CCC1(C)CC1.CCCC(C)CC.CCCCCCCC. The second kappa shape index (κ2) is 26.9. The molecule has 1 unspecified atom stereocenters. The van der Waals surface area contributed by atoms with Gasteiger partial charge in [-0.25, -0.2) is 0 Å². The third-order valence-electron chi connectivity index (χ3n) is 8.34. The predicted molar refractivity (Wildman–Crippen MR) is 184 cm³/mol. The van der Waals surface area contributed by atoms with E-state index in [0.717, 1.165) is 23.3 Å². The summed E-state index contributed by atoms with van der Waals surface area (Å²) >= 11 is 0. The molecular weight excluding hydrogens is 468 g/mol. The number of hydrogen-bond acceptors (Lipinski definition) is 0. The molecule has 0 spiro atoms. The molecule has 1 atom stereocenters. The lowest BCUT2D eigenvalue weighted by Crippen LogP contribution is -1.88. The van der Waals surface area contributed by atoms with Gasteiger partial charge in [-0.1, -0.05) is 188 Å². The summed E-state index contributed by atoms with van der Waals surface area (Å²) < 4.78 is 0. The van der Waals surface area contributed by atoms with Gasteiger partial charge < -0.3 is 0 Å². The van der Waals surface area contributed by atoms with E-state index in [4.69, 9.17) is 0 Å². The summed E-state index contributed by atoms with van der Waals surface area (Å²) in [6.07, 6.45) is 26.2. The molecular formula is C39H72. The largest absolute Gasteiger partial charge is 0.0958 e. The zero-order valence-corrected chi connectivity index (χ0v) is 28.7. The minimum Gasteiger partial charge on any atom is -0.0958 e. The lowest BCUT2D eigenvalue weighted by atomic mass is 10.0. The molecule has 0 N–H and O–H groups in total. The van der Waals surface area contributed by atoms with Crippen molar-refractivity contribution in [1.82, 2.24) is 0 Å². The van der Waals surface area contributed by atoms with Gasteiger partial charge in [0.25, 0.3) is 0 Å². The van der Waals surface area contributed by atoms with Gasteiger partial charge in [0.2, 0.25) is 0 Å². The Kier molecular flexibility index (Phi) is 27.5. The van der Waals surface area contributed by atoms with Gasteiger partial charge >= 0.3 is 0 Å². The van der Waals surface area contributed by atoms with E-state index in [1.54, 1.807) is 0 Å². The predicted octanol–water partition coefficient (Wildman–Crippen LogP) is 14.3. The van der Waals surface area contributed by atoms with Crippen molar-refractivity contribution in [1.29, 1.82) is 0 Å². The van der Waals surface area contributed by atoms with Gasteiger partial charge in [0.15, 0.2) is 0 Å². The molecule has 0 nitrogen and oxygen atoms in total. The third-order valence-corrected chi connectivity index (χ3v) is 8.34. The molecule has 1 aromatic rings. The Morgan fingerprint density at radius 2 is 1.36 bits per heavy atom. The number of unbranched alkanes of at least 4 members (excludes halogenated alkanes) is 5. The highest BCUT2D eigenvalue weighted by atomic mass is 14.4. The van der Waals surface area contributed by atoms with Crippen molar-refractivity contribution in [2.24, 2.45) is 11.3 Å². The van der Waals surface area contributed by atoms with Crippen molar-refractivity contribution in [3.63, 3.8) is 0 Å². The molecule has 1 aromatic carbocycles. The van der Waals surface area contributed by atoms with Crippen LogP contribution in [-0.2, 0) is 0 Å². The zero-order chi connectivity index (χ0) is 29.9. The van der Waals surface area contributed by atoms with E-state index in [0.29, 0.717) is 0 Å². The molecule has 0 saturated heterocycles. The van der Waals surface area contributed by atoms with Gasteiger partial charge in [0.05, 0.1) is 0 Å². The Morgan fingerprint density at radius 1 is 0.846 bits per heavy atom. The smallest absolute Gasteiger partial charge is 0.0225 e. The maximum Gasteiger partial charge on any atom is -0.0225 e. The Balaban J connectivity index is 0. The second-order valence-corrected chi connectivity index (χ2v) is 12.5. The molecule has 0 aliphatic heterocycles. The molecule has 2 fully saturated rings. The van der Waals surface area contributed by atoms with E-state index in [9.17, 15) is 0 Å². The third kappa shape index (κ3) is 25.4. The van der Waals surface area contributed by atoms with E-state index in [1.165, 1.54) is 119 Å². The van der Waals surface area contributed by atoms with Crippen LogP contribution in [0.2, 0.25) is 0 Å². The van der Waals surface area contributed by atoms with Crippen molar-refractivity contribution < 1.29 is 0 Å². The first-order chi connectivity index (χ1) is 18.6. The van der Waals surface area contributed by atoms with Gasteiger partial charge in [-0.15, -0.1) is 0 Å². The quantitative estimate of drug-likeness (QED) is 0.183. The minimum atomic E-state index is 0.792. The standard InChI is InChI=1S/C14H18.C8H18.C7H16.C6H12.C4H8/c1-5-13(11(2)3)10-14-9-7-6-8-12(14)4;1-3-5-7-8-6-4-2;1-4-6-7(3)5-2;1-3-6(2)4-5-6;1-2-4-3-1/h6-10H,2,5H2,1,3-4H3;3-8H2,1-2H3;7H,4-6H2,1-3H3;3-5H2,1-2H3;1-4H2/b13-10+;;;;. The maximum atomic E-state index is 3.98. The first kappa shape index (κ1) is 39.8. The molecule has 2 saturated carbocycles. The highest BCUT2D eigenvalue weighted by Gasteiger charge is 2.34. The fraction of sp³-hybridized carbons (Fsp3) is 0.744. The Bertz CT molecular complexity index is 689. The van der Waals surface area contributed by atoms with Crippen LogP contribution in [0, 0.1) is 18.3 Å². The number of hydrogen-bond donors (Lipinski definition) is 0. The molecule has 0 heteroatoms. The number of rotatable bonds is 12. The van der Waals surface area contributed by atoms with Crippen LogP contribution in [-0.4, -0.2) is 0 Å². The van der Waals surface area contributed by atoms with Gasteiger partial charge in [0, 0.05) is 0 Å². The first-order valence-electron chi connectivity index (χ1n) is 17.1. The number of benzene rings is 1. The summed E-state index contributed by atoms with van der Waals surface area (Å²) in [6.45, 7) is 26.3. The Morgan fingerprint density at radius 3 is 1.62 bits per heavy atom. The van der Waals surface area contributed by atoms with Gasteiger partial charge in [-0.3, -0.25) is 0 Å². The fourth-order valence-corrected chi connectivity index (χ4v) is 3.83. The summed E-state index contributed by atoms with van der Waals surface area (Å²) in [6, 6.07) is 8.43. The van der Waals surface area contributed by atoms with Crippen LogP contribution in [0.15, 0.2) is 42.0 Å². The number of allylic oxidation sites excluding steroid dienone is 2. The maximum absolute atomic E-state index is 3.98. The average Bonchev–Trinajstić information content (AvgIpc) is 3.64. The highest BCUT2D eigenvalue weighted by molar-refractivity contribution is 5.60. The molecule has 3 rings (SSSR count). The lowest BCUT2D eigenvalue weighted by molar-refractivity contribution is 0.504. The monoisotopic (exact) mass is 541 g/mol. The molecule has 0 amide bonds. The highest BCUT2D eigenvalue weighted by Crippen LogP contribution is 2.47. The van der Waals surface area contributed by atoms with Gasteiger partial charge in [0.1, 0.15) is 0 Å². The molecule has 2 aliphatic rings. The average molecular weight is 541 g/mol. The van der Waals surface area contributed by atoms with E-state index in [-0.39, 0.29) is 0 Å². The van der Waals surface area contributed by atoms with Crippen LogP contribution >= 0.6 is 0 Å². The van der Waals surface area contributed by atoms with Crippen molar-refractivity contribution >= 4 is 6.08 Å². The normalized spacial score (nSPS) is 15.3. The second-order valence-electron chi connectivity index (χ2n) is 12.5.